The average molecular weight is 482 g/mol. The van der Waals surface area contributed by atoms with Crippen LogP contribution in [0.1, 0.15) is 58.1 Å². The van der Waals surface area contributed by atoms with Gasteiger partial charge in [-0.15, -0.1) is 0 Å². The second-order valence-electron chi connectivity index (χ2n) is 10.2. The van der Waals surface area contributed by atoms with E-state index in [1.54, 1.807) is 24.9 Å². The highest BCUT2D eigenvalue weighted by Crippen LogP contribution is 2.32. The van der Waals surface area contributed by atoms with E-state index in [1.807, 2.05) is 56.5 Å². The Bertz CT molecular complexity index is 1280. The van der Waals surface area contributed by atoms with E-state index >= 15 is 0 Å². The van der Waals surface area contributed by atoms with Crippen molar-refractivity contribution < 1.29 is 14.3 Å². The van der Waals surface area contributed by atoms with Crippen LogP contribution >= 0.6 is 0 Å². The zero-order valence-electron chi connectivity index (χ0n) is 21.3. The van der Waals surface area contributed by atoms with Crippen LogP contribution in [0, 0.1) is 6.92 Å². The van der Waals surface area contributed by atoms with Crippen molar-refractivity contribution in [3.8, 4) is 5.75 Å². The Balaban J connectivity index is 1.53. The summed E-state index contributed by atoms with van der Waals surface area (Å²) in [5.74, 6) is 1.47. The van der Waals surface area contributed by atoms with Crippen LogP contribution in [0.3, 0.4) is 0 Å². The highest BCUT2D eigenvalue weighted by atomic mass is 16.6. The standard InChI is InChI=1S/C26H35N5O4/c1-16-13-19(34-6)11-12-20(16)29-23-14-21-22(15-27-23)30(5)25(33)31(21)18-9-7-17(8-10-18)28-24(32)35-26(2,3)4/h11-15,17-18H,7-10H2,1-6H3,(H,27,29)(H,28,32). The minimum absolute atomic E-state index is 0.0451. The summed E-state index contributed by atoms with van der Waals surface area (Å²) in [4.78, 5) is 29.9. The zero-order chi connectivity index (χ0) is 25.3. The Labute approximate surface area is 205 Å². The van der Waals surface area contributed by atoms with Crippen LogP contribution in [-0.4, -0.2) is 39.0 Å². The molecule has 1 aliphatic rings. The van der Waals surface area contributed by atoms with Crippen molar-refractivity contribution in [1.29, 1.82) is 0 Å². The molecule has 0 unspecified atom stereocenters. The predicted molar refractivity (Wildman–Crippen MR) is 137 cm³/mol. The van der Waals surface area contributed by atoms with E-state index in [4.69, 9.17) is 9.47 Å². The van der Waals surface area contributed by atoms with Gasteiger partial charge in [0.1, 0.15) is 17.2 Å². The molecule has 0 spiro atoms. The number of pyridine rings is 1. The number of fused-ring (bicyclic) bond motifs is 1. The Hall–Kier alpha value is -3.49. The van der Waals surface area contributed by atoms with Gasteiger partial charge in [0.25, 0.3) is 0 Å². The van der Waals surface area contributed by atoms with E-state index in [0.29, 0.717) is 5.82 Å². The number of imidazole rings is 1. The van der Waals surface area contributed by atoms with Crippen molar-refractivity contribution in [1.82, 2.24) is 19.4 Å². The number of alkyl carbamates (subject to hydrolysis) is 1. The van der Waals surface area contributed by atoms with Gasteiger partial charge in [-0.1, -0.05) is 0 Å². The number of methoxy groups -OCH3 is 1. The molecule has 9 heteroatoms. The van der Waals surface area contributed by atoms with Crippen molar-refractivity contribution >= 4 is 28.6 Å². The molecule has 1 aromatic carbocycles. The number of anilines is 2. The molecule has 0 radical (unpaired) electrons. The first-order valence-electron chi connectivity index (χ1n) is 12.0. The van der Waals surface area contributed by atoms with Gasteiger partial charge in [0.15, 0.2) is 0 Å². The van der Waals surface area contributed by atoms with Crippen LogP contribution in [0.15, 0.2) is 35.3 Å². The number of nitrogens with one attached hydrogen (secondary N) is 2. The highest BCUT2D eigenvalue weighted by Gasteiger charge is 2.28. The summed E-state index contributed by atoms with van der Waals surface area (Å²) in [5, 5.41) is 6.34. The summed E-state index contributed by atoms with van der Waals surface area (Å²) in [5.41, 5.74) is 3.03. The van der Waals surface area contributed by atoms with Crippen molar-refractivity contribution in [3.63, 3.8) is 0 Å². The van der Waals surface area contributed by atoms with Gasteiger partial charge in [-0.2, -0.15) is 0 Å². The maximum Gasteiger partial charge on any atom is 0.407 e. The fourth-order valence-corrected chi connectivity index (χ4v) is 4.67. The molecule has 0 atom stereocenters. The van der Waals surface area contributed by atoms with E-state index in [-0.39, 0.29) is 23.9 Å². The maximum atomic E-state index is 13.2. The third-order valence-corrected chi connectivity index (χ3v) is 6.45. The molecule has 1 aliphatic carbocycles. The fraction of sp³-hybridized carbons (Fsp3) is 0.500. The van der Waals surface area contributed by atoms with E-state index in [1.165, 1.54) is 0 Å². The number of hydrogen-bond acceptors (Lipinski definition) is 6. The summed E-state index contributed by atoms with van der Waals surface area (Å²) < 4.78 is 14.2. The quantitative estimate of drug-likeness (QED) is 0.543. The smallest absolute Gasteiger partial charge is 0.407 e. The lowest BCUT2D eigenvalue weighted by Crippen LogP contribution is -2.41. The summed E-state index contributed by atoms with van der Waals surface area (Å²) in [6, 6.07) is 7.85. The number of carbonyl (C=O) groups is 1. The van der Waals surface area contributed by atoms with E-state index in [0.717, 1.165) is 53.7 Å². The lowest BCUT2D eigenvalue weighted by molar-refractivity contribution is 0.0488. The highest BCUT2D eigenvalue weighted by molar-refractivity contribution is 5.79. The maximum absolute atomic E-state index is 13.2. The Morgan fingerprint density at radius 3 is 2.46 bits per heavy atom. The minimum Gasteiger partial charge on any atom is -0.497 e. The molecule has 188 valence electrons. The number of rotatable bonds is 5. The molecule has 1 amide bonds. The lowest BCUT2D eigenvalue weighted by Gasteiger charge is -2.30. The monoisotopic (exact) mass is 481 g/mol. The Kier molecular flexibility index (Phi) is 6.78. The number of ether oxygens (including phenoxy) is 2. The molecule has 9 nitrogen and oxygen atoms in total. The zero-order valence-corrected chi connectivity index (χ0v) is 21.3. The Morgan fingerprint density at radius 1 is 1.11 bits per heavy atom. The van der Waals surface area contributed by atoms with Gasteiger partial charge in [-0.3, -0.25) is 9.13 Å². The first-order chi connectivity index (χ1) is 16.6. The SMILES string of the molecule is COc1ccc(Nc2cc3c(cn2)n(C)c(=O)n3C2CCC(NC(=O)OC(C)(C)C)CC2)c(C)c1. The molecule has 1 fully saturated rings. The van der Waals surface area contributed by atoms with Gasteiger partial charge in [0, 0.05) is 30.9 Å². The number of nitrogens with zero attached hydrogens (tertiary/aromatic N) is 3. The van der Waals surface area contributed by atoms with Crippen LogP contribution in [0.4, 0.5) is 16.3 Å². The van der Waals surface area contributed by atoms with E-state index in [2.05, 4.69) is 15.6 Å². The van der Waals surface area contributed by atoms with Gasteiger partial charge in [-0.05, 0) is 77.1 Å². The first-order valence-corrected chi connectivity index (χ1v) is 12.0. The number of hydrogen-bond donors (Lipinski definition) is 2. The van der Waals surface area contributed by atoms with Gasteiger partial charge in [0.05, 0.1) is 24.3 Å². The largest absolute Gasteiger partial charge is 0.497 e. The third-order valence-electron chi connectivity index (χ3n) is 6.45. The topological polar surface area (TPSA) is 99.4 Å². The predicted octanol–water partition coefficient (Wildman–Crippen LogP) is 4.80. The van der Waals surface area contributed by atoms with E-state index < -0.39 is 5.60 Å². The second-order valence-corrected chi connectivity index (χ2v) is 10.2. The number of carbonyl (C=O) groups excluding carboxylic acids is 1. The van der Waals surface area contributed by atoms with Crippen molar-refractivity contribution in [2.75, 3.05) is 12.4 Å². The number of amides is 1. The molecule has 2 aromatic heterocycles. The second kappa shape index (κ2) is 9.64. The van der Waals surface area contributed by atoms with Crippen molar-refractivity contribution in [2.24, 2.45) is 7.05 Å². The Morgan fingerprint density at radius 2 is 1.83 bits per heavy atom. The van der Waals surface area contributed by atoms with Crippen molar-refractivity contribution in [2.45, 2.75) is 71.1 Å². The molecular weight excluding hydrogens is 446 g/mol. The van der Waals surface area contributed by atoms with Crippen LogP contribution < -0.4 is 21.1 Å². The molecule has 0 saturated heterocycles. The van der Waals surface area contributed by atoms with Crippen molar-refractivity contribution in [3.05, 3.63) is 46.5 Å². The molecule has 1 saturated carbocycles. The van der Waals surface area contributed by atoms with Crippen LogP contribution in [0.5, 0.6) is 5.75 Å². The van der Waals surface area contributed by atoms with E-state index in [9.17, 15) is 9.59 Å². The molecule has 0 bridgehead atoms. The summed E-state index contributed by atoms with van der Waals surface area (Å²) in [6.07, 6.45) is 4.51. The van der Waals surface area contributed by atoms with Gasteiger partial charge in [-0.25, -0.2) is 14.6 Å². The molecule has 35 heavy (non-hydrogen) atoms. The lowest BCUT2D eigenvalue weighted by atomic mass is 9.91. The summed E-state index contributed by atoms with van der Waals surface area (Å²) >= 11 is 0. The first kappa shape index (κ1) is 24.6. The van der Waals surface area contributed by atoms with Crippen LogP contribution in [0.2, 0.25) is 0 Å². The molecule has 2 N–H and O–H groups in total. The summed E-state index contributed by atoms with van der Waals surface area (Å²) in [6.45, 7) is 7.56. The number of benzene rings is 1. The van der Waals surface area contributed by atoms with Gasteiger partial charge >= 0.3 is 11.8 Å². The third kappa shape index (κ3) is 5.44. The minimum atomic E-state index is -0.526. The number of aromatic nitrogens is 3. The molecule has 4 rings (SSSR count). The fourth-order valence-electron chi connectivity index (χ4n) is 4.67. The van der Waals surface area contributed by atoms with Gasteiger partial charge in [0.2, 0.25) is 0 Å². The molecule has 3 aromatic rings. The average Bonchev–Trinajstić information content (AvgIpc) is 3.04. The molecular formula is C26H35N5O4. The van der Waals surface area contributed by atoms with Gasteiger partial charge < -0.3 is 20.1 Å². The summed E-state index contributed by atoms with van der Waals surface area (Å²) in [7, 11) is 3.42. The normalized spacial score (nSPS) is 18.3. The number of aryl methyl sites for hydroxylation is 2. The van der Waals surface area contributed by atoms with Crippen LogP contribution in [0.25, 0.3) is 11.0 Å². The molecule has 0 aliphatic heterocycles. The van der Waals surface area contributed by atoms with Crippen LogP contribution in [-0.2, 0) is 11.8 Å². The molecule has 2 heterocycles.